The molecule has 0 aliphatic carbocycles. The number of imidazole rings is 1. The van der Waals surface area contributed by atoms with Gasteiger partial charge in [-0.15, -0.1) is 0 Å². The number of aromatic nitrogens is 4. The second-order valence-electron chi connectivity index (χ2n) is 4.15. The first-order valence-corrected chi connectivity index (χ1v) is 5.68. The molecule has 0 fully saturated rings. The molecule has 0 atom stereocenters. The first-order chi connectivity index (χ1) is 8.66. The summed E-state index contributed by atoms with van der Waals surface area (Å²) >= 11 is 0. The summed E-state index contributed by atoms with van der Waals surface area (Å²) < 4.78 is 1.89. The van der Waals surface area contributed by atoms with Gasteiger partial charge in [-0.2, -0.15) is 0 Å². The first-order valence-electron chi connectivity index (χ1n) is 5.68. The lowest BCUT2D eigenvalue weighted by Crippen LogP contribution is -2.10. The van der Waals surface area contributed by atoms with Crippen LogP contribution in [0.15, 0.2) is 35.1 Å². The third-order valence-corrected chi connectivity index (χ3v) is 2.82. The van der Waals surface area contributed by atoms with Crippen molar-refractivity contribution in [3.05, 3.63) is 52.3 Å². The van der Waals surface area contributed by atoms with Gasteiger partial charge in [0.05, 0.1) is 0 Å². The van der Waals surface area contributed by atoms with E-state index < -0.39 is 0 Å². The van der Waals surface area contributed by atoms with Gasteiger partial charge in [-0.05, 0) is 26.0 Å². The average Bonchev–Trinajstić information content (AvgIpc) is 2.67. The standard InChI is InChI=1S/C13H12N4O/c1-8-14-12-11(13(18)15-8)16-9(2)17(12)10-6-4-3-5-7-10/h3-7H,1-2H3,(H,14,15,18). The Kier molecular flexibility index (Phi) is 2.26. The number of benzene rings is 1. The van der Waals surface area contributed by atoms with Crippen LogP contribution >= 0.6 is 0 Å². The van der Waals surface area contributed by atoms with Gasteiger partial charge < -0.3 is 4.98 Å². The van der Waals surface area contributed by atoms with E-state index >= 15 is 0 Å². The van der Waals surface area contributed by atoms with Crippen LogP contribution in [0.1, 0.15) is 11.6 Å². The Morgan fingerprint density at radius 2 is 1.83 bits per heavy atom. The van der Waals surface area contributed by atoms with Gasteiger partial charge in [0.25, 0.3) is 5.56 Å². The molecule has 0 saturated carbocycles. The number of nitrogens with one attached hydrogen (secondary N) is 1. The van der Waals surface area contributed by atoms with Crippen molar-refractivity contribution >= 4 is 11.2 Å². The zero-order valence-corrected chi connectivity index (χ0v) is 10.1. The number of rotatable bonds is 1. The van der Waals surface area contributed by atoms with Crippen LogP contribution in [-0.4, -0.2) is 19.5 Å². The summed E-state index contributed by atoms with van der Waals surface area (Å²) in [5.74, 6) is 1.34. The second kappa shape index (κ2) is 3.80. The summed E-state index contributed by atoms with van der Waals surface area (Å²) in [6, 6.07) is 9.77. The van der Waals surface area contributed by atoms with Crippen molar-refractivity contribution in [2.24, 2.45) is 0 Å². The van der Waals surface area contributed by atoms with E-state index in [1.165, 1.54) is 0 Å². The minimum Gasteiger partial charge on any atom is -0.309 e. The Hall–Kier alpha value is -2.43. The van der Waals surface area contributed by atoms with Gasteiger partial charge in [0.2, 0.25) is 0 Å². The van der Waals surface area contributed by atoms with Crippen molar-refractivity contribution in [3.63, 3.8) is 0 Å². The molecule has 0 spiro atoms. The van der Waals surface area contributed by atoms with Crippen molar-refractivity contribution in [2.75, 3.05) is 0 Å². The number of aromatic amines is 1. The van der Waals surface area contributed by atoms with E-state index in [0.29, 0.717) is 17.0 Å². The SMILES string of the molecule is Cc1nc2c(nc(C)n2-c2ccccc2)c(=O)[nH]1. The summed E-state index contributed by atoms with van der Waals surface area (Å²) in [5, 5.41) is 0. The van der Waals surface area contributed by atoms with Crippen molar-refractivity contribution in [2.45, 2.75) is 13.8 Å². The zero-order valence-electron chi connectivity index (χ0n) is 10.1. The van der Waals surface area contributed by atoms with Gasteiger partial charge in [-0.3, -0.25) is 9.36 Å². The van der Waals surface area contributed by atoms with E-state index in [1.54, 1.807) is 6.92 Å². The minimum absolute atomic E-state index is 0.199. The van der Waals surface area contributed by atoms with Crippen molar-refractivity contribution in [1.29, 1.82) is 0 Å². The molecule has 90 valence electrons. The Bertz CT molecular complexity index is 771. The molecule has 1 aromatic carbocycles. The Morgan fingerprint density at radius 1 is 1.11 bits per heavy atom. The largest absolute Gasteiger partial charge is 0.309 e. The van der Waals surface area contributed by atoms with Crippen LogP contribution in [0, 0.1) is 13.8 Å². The maximum atomic E-state index is 11.8. The third-order valence-electron chi connectivity index (χ3n) is 2.82. The molecule has 0 unspecified atom stereocenters. The predicted molar refractivity (Wildman–Crippen MR) is 69.0 cm³/mol. The summed E-state index contributed by atoms with van der Waals surface area (Å²) in [5.41, 5.74) is 1.73. The smallest absolute Gasteiger partial charge is 0.279 e. The fourth-order valence-corrected chi connectivity index (χ4v) is 2.07. The minimum atomic E-state index is -0.199. The van der Waals surface area contributed by atoms with Crippen molar-refractivity contribution < 1.29 is 0 Å². The summed E-state index contributed by atoms with van der Waals surface area (Å²) in [7, 11) is 0. The van der Waals surface area contributed by atoms with Crippen molar-refractivity contribution in [3.8, 4) is 5.69 Å². The predicted octanol–water partition coefficient (Wildman–Crippen LogP) is 1.73. The van der Waals surface area contributed by atoms with Gasteiger partial charge in [0.15, 0.2) is 11.2 Å². The first kappa shape index (κ1) is 10.7. The highest BCUT2D eigenvalue weighted by molar-refractivity contribution is 5.72. The Labute approximate surface area is 103 Å². The van der Waals surface area contributed by atoms with E-state index in [-0.39, 0.29) is 5.56 Å². The van der Waals surface area contributed by atoms with Crippen molar-refractivity contribution in [1.82, 2.24) is 19.5 Å². The molecule has 18 heavy (non-hydrogen) atoms. The highest BCUT2D eigenvalue weighted by Gasteiger charge is 2.13. The van der Waals surface area contributed by atoms with Gasteiger partial charge >= 0.3 is 0 Å². The lowest BCUT2D eigenvalue weighted by Gasteiger charge is -2.05. The fraction of sp³-hybridized carbons (Fsp3) is 0.154. The topological polar surface area (TPSA) is 63.6 Å². The molecule has 0 radical (unpaired) electrons. The summed E-state index contributed by atoms with van der Waals surface area (Å²) in [6.07, 6.45) is 0. The van der Waals surface area contributed by atoms with Crippen LogP contribution in [0.4, 0.5) is 0 Å². The quantitative estimate of drug-likeness (QED) is 0.704. The lowest BCUT2D eigenvalue weighted by atomic mass is 10.3. The number of hydrogen-bond acceptors (Lipinski definition) is 3. The molecule has 0 bridgehead atoms. The fourth-order valence-electron chi connectivity index (χ4n) is 2.07. The van der Waals surface area contributed by atoms with E-state index in [0.717, 1.165) is 11.5 Å². The second-order valence-corrected chi connectivity index (χ2v) is 4.15. The van der Waals surface area contributed by atoms with Crippen LogP contribution in [0.2, 0.25) is 0 Å². The van der Waals surface area contributed by atoms with Crippen LogP contribution in [0.5, 0.6) is 0 Å². The summed E-state index contributed by atoms with van der Waals surface area (Å²) in [6.45, 7) is 3.63. The lowest BCUT2D eigenvalue weighted by molar-refractivity contribution is 0.972. The Balaban J connectivity index is 2.43. The van der Waals surface area contributed by atoms with Gasteiger partial charge in [-0.25, -0.2) is 9.97 Å². The number of para-hydroxylation sites is 1. The molecule has 0 saturated heterocycles. The normalized spacial score (nSPS) is 11.0. The van der Waals surface area contributed by atoms with E-state index in [9.17, 15) is 4.79 Å². The van der Waals surface area contributed by atoms with Gasteiger partial charge in [0, 0.05) is 5.69 Å². The molecule has 3 aromatic rings. The molecule has 0 amide bonds. The number of fused-ring (bicyclic) bond motifs is 1. The van der Waals surface area contributed by atoms with Crippen LogP contribution in [0.3, 0.4) is 0 Å². The van der Waals surface area contributed by atoms with Crippen LogP contribution < -0.4 is 5.56 Å². The van der Waals surface area contributed by atoms with Crippen LogP contribution in [-0.2, 0) is 0 Å². The molecular weight excluding hydrogens is 228 g/mol. The monoisotopic (exact) mass is 240 g/mol. The maximum Gasteiger partial charge on any atom is 0.279 e. The molecule has 2 aromatic heterocycles. The van der Waals surface area contributed by atoms with Gasteiger partial charge in [-0.1, -0.05) is 18.2 Å². The molecule has 3 rings (SSSR count). The molecule has 0 aliphatic rings. The van der Waals surface area contributed by atoms with E-state index in [1.807, 2.05) is 41.8 Å². The number of hydrogen-bond donors (Lipinski definition) is 1. The highest BCUT2D eigenvalue weighted by atomic mass is 16.1. The molecule has 0 aliphatic heterocycles. The van der Waals surface area contributed by atoms with Gasteiger partial charge in [0.1, 0.15) is 11.6 Å². The summed E-state index contributed by atoms with van der Waals surface area (Å²) in [4.78, 5) is 23.2. The van der Waals surface area contributed by atoms with E-state index in [4.69, 9.17) is 0 Å². The Morgan fingerprint density at radius 3 is 2.56 bits per heavy atom. The average molecular weight is 240 g/mol. The molecular formula is C13H12N4O. The third kappa shape index (κ3) is 1.52. The number of nitrogens with zero attached hydrogens (tertiary/aromatic N) is 3. The molecule has 1 N–H and O–H groups in total. The zero-order chi connectivity index (χ0) is 12.7. The molecule has 5 heteroatoms. The maximum absolute atomic E-state index is 11.8. The van der Waals surface area contributed by atoms with Crippen LogP contribution in [0.25, 0.3) is 16.9 Å². The molecule has 2 heterocycles. The number of H-pyrrole nitrogens is 1. The van der Waals surface area contributed by atoms with E-state index in [2.05, 4.69) is 15.0 Å². The molecule has 5 nitrogen and oxygen atoms in total. The number of aryl methyl sites for hydroxylation is 2. The highest BCUT2D eigenvalue weighted by Crippen LogP contribution is 2.16.